The van der Waals surface area contributed by atoms with Gasteiger partial charge in [0.1, 0.15) is 12.3 Å². The van der Waals surface area contributed by atoms with E-state index < -0.39 is 0 Å². The number of carbonyl (C=O) groups excluding carboxylic acids is 2. The van der Waals surface area contributed by atoms with Gasteiger partial charge >= 0.3 is 12.0 Å². The van der Waals surface area contributed by atoms with Gasteiger partial charge in [-0.3, -0.25) is 15.1 Å². The fraction of sp³-hybridized carbons (Fsp3) is 0.579. The van der Waals surface area contributed by atoms with Gasteiger partial charge in [-0.1, -0.05) is 18.2 Å². The number of rotatable bonds is 5. The molecule has 0 aromatic heterocycles. The molecule has 3 fully saturated rings. The maximum Gasteiger partial charge on any atom is 0.337 e. The summed E-state index contributed by atoms with van der Waals surface area (Å²) in [6.07, 6.45) is 5.03. The van der Waals surface area contributed by atoms with Crippen molar-refractivity contribution in [3.63, 3.8) is 0 Å². The number of anilines is 1. The standard InChI is InChI=1S/C19H25N3O3/c1-13-21(20-19(24)22(13)16-5-3-2-4-6-16)10-9-18(23)25-17-12-14-7-8-15(17)11-14/h2-6,13-15,17H,7-12H2,1H3,(H,20,24). The van der Waals surface area contributed by atoms with Crippen LogP contribution in [0.5, 0.6) is 0 Å². The first-order chi connectivity index (χ1) is 12.1. The number of hydrogen-bond donors (Lipinski definition) is 1. The number of para-hydroxylation sites is 1. The zero-order chi connectivity index (χ0) is 17.4. The zero-order valence-corrected chi connectivity index (χ0v) is 14.6. The van der Waals surface area contributed by atoms with E-state index >= 15 is 0 Å². The lowest BCUT2D eigenvalue weighted by atomic mass is 9.98. The summed E-state index contributed by atoms with van der Waals surface area (Å²) >= 11 is 0. The molecule has 0 radical (unpaired) electrons. The summed E-state index contributed by atoms with van der Waals surface area (Å²) in [6, 6.07) is 9.38. The van der Waals surface area contributed by atoms with Crippen molar-refractivity contribution >= 4 is 17.7 Å². The highest BCUT2D eigenvalue weighted by atomic mass is 16.5. The fourth-order valence-corrected chi connectivity index (χ4v) is 4.51. The highest BCUT2D eigenvalue weighted by Gasteiger charge is 2.42. The van der Waals surface area contributed by atoms with E-state index in [1.165, 1.54) is 19.3 Å². The highest BCUT2D eigenvalue weighted by Crippen LogP contribution is 2.45. The zero-order valence-electron chi connectivity index (χ0n) is 14.6. The Bertz CT molecular complexity index is 651. The Morgan fingerprint density at radius 1 is 1.24 bits per heavy atom. The first kappa shape index (κ1) is 16.4. The molecule has 4 unspecified atom stereocenters. The molecule has 1 heterocycles. The number of urea groups is 1. The van der Waals surface area contributed by atoms with Gasteiger partial charge < -0.3 is 4.74 Å². The van der Waals surface area contributed by atoms with Crippen LogP contribution in [0, 0.1) is 11.8 Å². The Morgan fingerprint density at radius 2 is 2.04 bits per heavy atom. The molecule has 2 bridgehead atoms. The second kappa shape index (κ2) is 6.67. The number of nitrogens with one attached hydrogen (secondary N) is 1. The Labute approximate surface area is 148 Å². The normalized spacial score (nSPS) is 31.4. The average Bonchev–Trinajstić information content (AvgIpc) is 3.29. The highest BCUT2D eigenvalue weighted by molar-refractivity contribution is 5.94. The van der Waals surface area contributed by atoms with Crippen molar-refractivity contribution in [2.45, 2.75) is 51.3 Å². The molecule has 0 spiro atoms. The van der Waals surface area contributed by atoms with E-state index in [2.05, 4.69) is 5.43 Å². The van der Waals surface area contributed by atoms with Gasteiger partial charge in [-0.2, -0.15) is 5.01 Å². The van der Waals surface area contributed by atoms with Crippen LogP contribution in [0.4, 0.5) is 10.5 Å². The molecule has 1 saturated heterocycles. The molecule has 1 N–H and O–H groups in total. The summed E-state index contributed by atoms with van der Waals surface area (Å²) in [5.41, 5.74) is 3.69. The number of nitrogens with zero attached hydrogens (tertiary/aromatic N) is 2. The van der Waals surface area contributed by atoms with E-state index in [1.807, 2.05) is 37.3 Å². The molecule has 134 valence electrons. The molecule has 1 aromatic carbocycles. The largest absolute Gasteiger partial charge is 0.462 e. The van der Waals surface area contributed by atoms with E-state index in [9.17, 15) is 9.59 Å². The first-order valence-electron chi connectivity index (χ1n) is 9.23. The van der Waals surface area contributed by atoms with Crippen molar-refractivity contribution in [3.8, 4) is 0 Å². The molecule has 1 aliphatic heterocycles. The monoisotopic (exact) mass is 343 g/mol. The summed E-state index contributed by atoms with van der Waals surface area (Å²) in [5.74, 6) is 1.19. The molecular weight excluding hydrogens is 318 g/mol. The Morgan fingerprint density at radius 3 is 2.72 bits per heavy atom. The molecule has 2 saturated carbocycles. The molecule has 6 nitrogen and oxygen atoms in total. The van der Waals surface area contributed by atoms with Gasteiger partial charge in [0.05, 0.1) is 6.42 Å². The minimum absolute atomic E-state index is 0.123. The van der Waals surface area contributed by atoms with Crippen LogP contribution in [0.15, 0.2) is 30.3 Å². The van der Waals surface area contributed by atoms with Crippen molar-refractivity contribution in [2.75, 3.05) is 11.4 Å². The Hall–Kier alpha value is -2.08. The van der Waals surface area contributed by atoms with Gasteiger partial charge in [0.15, 0.2) is 0 Å². The van der Waals surface area contributed by atoms with Crippen molar-refractivity contribution in [3.05, 3.63) is 30.3 Å². The molecule has 4 atom stereocenters. The first-order valence-corrected chi connectivity index (χ1v) is 9.23. The molecule has 6 heteroatoms. The van der Waals surface area contributed by atoms with Crippen LogP contribution >= 0.6 is 0 Å². The maximum atomic E-state index is 12.3. The third-order valence-electron chi connectivity index (χ3n) is 5.83. The SMILES string of the molecule is CC1N(CCC(=O)OC2CC3CCC2C3)NC(=O)N1c1ccccc1. The summed E-state index contributed by atoms with van der Waals surface area (Å²) in [6.45, 7) is 2.40. The van der Waals surface area contributed by atoms with Crippen LogP contribution in [0.3, 0.4) is 0 Å². The molecule has 3 aliphatic rings. The maximum absolute atomic E-state index is 12.3. The number of hydrogen-bond acceptors (Lipinski definition) is 4. The molecule has 4 rings (SSSR count). The Kier molecular flexibility index (Phi) is 4.37. The van der Waals surface area contributed by atoms with Crippen LogP contribution in [0.2, 0.25) is 0 Å². The topological polar surface area (TPSA) is 61.9 Å². The number of benzene rings is 1. The van der Waals surface area contributed by atoms with Gasteiger partial charge in [-0.05, 0) is 56.6 Å². The molecule has 2 aliphatic carbocycles. The van der Waals surface area contributed by atoms with E-state index in [4.69, 9.17) is 4.74 Å². The second-order valence-electron chi connectivity index (χ2n) is 7.40. The van der Waals surface area contributed by atoms with E-state index in [-0.39, 0.29) is 24.3 Å². The second-order valence-corrected chi connectivity index (χ2v) is 7.40. The van der Waals surface area contributed by atoms with Crippen molar-refractivity contribution < 1.29 is 14.3 Å². The number of ether oxygens (including phenoxy) is 1. The van der Waals surface area contributed by atoms with Crippen LogP contribution in [-0.4, -0.2) is 35.8 Å². The van der Waals surface area contributed by atoms with Gasteiger partial charge in [-0.15, -0.1) is 0 Å². The van der Waals surface area contributed by atoms with Gasteiger partial charge in [-0.25, -0.2) is 4.79 Å². The van der Waals surface area contributed by atoms with Crippen molar-refractivity contribution in [1.29, 1.82) is 0 Å². The van der Waals surface area contributed by atoms with Crippen LogP contribution in [0.25, 0.3) is 0 Å². The molecule has 2 amide bonds. The number of hydrazine groups is 1. The predicted octanol–water partition coefficient (Wildman–Crippen LogP) is 2.90. The third-order valence-corrected chi connectivity index (χ3v) is 5.83. The Balaban J connectivity index is 1.29. The lowest BCUT2D eigenvalue weighted by Gasteiger charge is -2.25. The molecule has 1 aromatic rings. The lowest BCUT2D eigenvalue weighted by molar-refractivity contribution is -0.152. The average molecular weight is 343 g/mol. The smallest absolute Gasteiger partial charge is 0.337 e. The summed E-state index contributed by atoms with van der Waals surface area (Å²) in [5, 5.41) is 1.80. The van der Waals surface area contributed by atoms with E-state index in [0.29, 0.717) is 18.9 Å². The quantitative estimate of drug-likeness (QED) is 0.835. The summed E-state index contributed by atoms with van der Waals surface area (Å²) < 4.78 is 5.69. The fourth-order valence-electron chi connectivity index (χ4n) is 4.51. The molecular formula is C19H25N3O3. The van der Waals surface area contributed by atoms with Gasteiger partial charge in [0.25, 0.3) is 0 Å². The summed E-state index contributed by atoms with van der Waals surface area (Å²) in [4.78, 5) is 26.2. The number of carbonyl (C=O) groups is 2. The summed E-state index contributed by atoms with van der Waals surface area (Å²) in [7, 11) is 0. The van der Waals surface area contributed by atoms with Crippen LogP contribution < -0.4 is 10.3 Å². The van der Waals surface area contributed by atoms with Crippen LogP contribution in [-0.2, 0) is 9.53 Å². The minimum atomic E-state index is -0.167. The van der Waals surface area contributed by atoms with E-state index in [0.717, 1.165) is 18.0 Å². The minimum Gasteiger partial charge on any atom is -0.462 e. The number of amides is 2. The molecule has 25 heavy (non-hydrogen) atoms. The lowest BCUT2D eigenvalue weighted by Crippen LogP contribution is -2.40. The van der Waals surface area contributed by atoms with Gasteiger partial charge in [0.2, 0.25) is 0 Å². The van der Waals surface area contributed by atoms with E-state index in [1.54, 1.807) is 9.91 Å². The number of fused-ring (bicyclic) bond motifs is 2. The van der Waals surface area contributed by atoms with Crippen LogP contribution in [0.1, 0.15) is 39.0 Å². The van der Waals surface area contributed by atoms with Crippen molar-refractivity contribution in [2.24, 2.45) is 11.8 Å². The number of esters is 1. The van der Waals surface area contributed by atoms with Crippen molar-refractivity contribution in [1.82, 2.24) is 10.4 Å². The third kappa shape index (κ3) is 3.23. The predicted molar refractivity (Wildman–Crippen MR) is 93.6 cm³/mol. The van der Waals surface area contributed by atoms with Gasteiger partial charge in [0, 0.05) is 12.2 Å².